The van der Waals surface area contributed by atoms with Gasteiger partial charge in [-0.15, -0.1) is 0 Å². The van der Waals surface area contributed by atoms with Crippen molar-refractivity contribution in [2.45, 2.75) is 6.92 Å². The first-order valence-corrected chi connectivity index (χ1v) is 5.98. The van der Waals surface area contributed by atoms with Crippen molar-refractivity contribution in [3.05, 3.63) is 24.8 Å². The summed E-state index contributed by atoms with van der Waals surface area (Å²) in [6.07, 6.45) is 0.833. The SMILES string of the molecule is C=C(C)C(=O)OP(=O)(O)OCCO.C=CC(=O)O. The van der Waals surface area contributed by atoms with Crippen LogP contribution in [0.25, 0.3) is 0 Å². The van der Waals surface area contributed by atoms with Crippen molar-refractivity contribution in [2.24, 2.45) is 0 Å². The number of phosphoric ester groups is 1. The highest BCUT2D eigenvalue weighted by atomic mass is 31.2. The van der Waals surface area contributed by atoms with Crippen LogP contribution in [0.3, 0.4) is 0 Å². The fraction of sp³-hybridized carbons (Fsp3) is 0.333. The number of phosphoric acid groups is 1. The topological polar surface area (TPSA) is 130 Å². The molecule has 0 aromatic carbocycles. The molecule has 0 aliphatic rings. The Balaban J connectivity index is 0. The third-order valence-electron chi connectivity index (χ3n) is 1.07. The summed E-state index contributed by atoms with van der Waals surface area (Å²) in [6, 6.07) is 0. The van der Waals surface area contributed by atoms with Gasteiger partial charge in [-0.05, 0) is 6.92 Å². The van der Waals surface area contributed by atoms with E-state index in [9.17, 15) is 14.2 Å². The lowest BCUT2D eigenvalue weighted by molar-refractivity contribution is -0.132. The van der Waals surface area contributed by atoms with Gasteiger partial charge in [0.2, 0.25) is 0 Å². The number of hydrogen-bond donors (Lipinski definition) is 3. The van der Waals surface area contributed by atoms with Crippen molar-refractivity contribution in [3.63, 3.8) is 0 Å². The molecule has 0 amide bonds. The third kappa shape index (κ3) is 12.6. The molecule has 0 heterocycles. The smallest absolute Gasteiger partial charge is 0.478 e. The monoisotopic (exact) mass is 282 g/mol. The molecular formula is C9H15O8P. The van der Waals surface area contributed by atoms with Gasteiger partial charge in [0.25, 0.3) is 0 Å². The average Bonchev–Trinajstić information content (AvgIpc) is 2.26. The van der Waals surface area contributed by atoms with E-state index in [1.165, 1.54) is 6.92 Å². The van der Waals surface area contributed by atoms with Gasteiger partial charge in [0, 0.05) is 11.6 Å². The minimum absolute atomic E-state index is 0.0122. The van der Waals surface area contributed by atoms with Crippen molar-refractivity contribution < 1.29 is 38.3 Å². The standard InChI is InChI=1S/C6H11O6P.C3H4O2/c1-5(2)6(8)12-13(9,10)11-4-3-7;1-2-3(4)5/h7H,1,3-4H2,2H3,(H,9,10);2H,1H2,(H,4,5). The molecule has 8 nitrogen and oxygen atoms in total. The highest BCUT2D eigenvalue weighted by molar-refractivity contribution is 7.48. The molecule has 0 saturated heterocycles. The zero-order chi connectivity index (χ0) is 14.8. The number of hydrogen-bond acceptors (Lipinski definition) is 6. The normalized spacial score (nSPS) is 12.4. The predicted octanol–water partition coefficient (Wildman–Crippen LogP) is 0.472. The summed E-state index contributed by atoms with van der Waals surface area (Å²) in [4.78, 5) is 28.8. The Labute approximate surface area is 104 Å². The summed E-state index contributed by atoms with van der Waals surface area (Å²) in [6.45, 7) is 6.68. The maximum atomic E-state index is 10.8. The minimum Gasteiger partial charge on any atom is -0.478 e. The van der Waals surface area contributed by atoms with Gasteiger partial charge in [-0.3, -0.25) is 9.42 Å². The van der Waals surface area contributed by atoms with Gasteiger partial charge >= 0.3 is 19.8 Å². The number of aliphatic hydroxyl groups is 1. The first kappa shape index (κ1) is 18.9. The van der Waals surface area contributed by atoms with E-state index in [-0.39, 0.29) is 12.2 Å². The van der Waals surface area contributed by atoms with Gasteiger partial charge in [-0.25, -0.2) is 14.2 Å². The zero-order valence-corrected chi connectivity index (χ0v) is 10.6. The summed E-state index contributed by atoms with van der Waals surface area (Å²) in [7, 11) is -4.39. The quantitative estimate of drug-likeness (QED) is 0.473. The summed E-state index contributed by atoms with van der Waals surface area (Å²) < 4.78 is 19.0. The van der Waals surface area contributed by atoms with E-state index in [1.807, 2.05) is 0 Å². The molecule has 18 heavy (non-hydrogen) atoms. The first-order chi connectivity index (χ1) is 8.16. The molecule has 0 aliphatic heterocycles. The number of aliphatic carboxylic acids is 1. The number of aliphatic hydroxyl groups excluding tert-OH is 1. The van der Waals surface area contributed by atoms with Crippen molar-refractivity contribution in [1.82, 2.24) is 0 Å². The van der Waals surface area contributed by atoms with E-state index in [1.54, 1.807) is 0 Å². The molecule has 0 rings (SSSR count). The molecule has 0 fully saturated rings. The van der Waals surface area contributed by atoms with Gasteiger partial charge in [0.05, 0.1) is 13.2 Å². The van der Waals surface area contributed by atoms with E-state index in [2.05, 4.69) is 22.2 Å². The van der Waals surface area contributed by atoms with Crippen molar-refractivity contribution in [3.8, 4) is 0 Å². The predicted molar refractivity (Wildman–Crippen MR) is 61.6 cm³/mol. The average molecular weight is 282 g/mol. The van der Waals surface area contributed by atoms with Crippen LogP contribution in [0.2, 0.25) is 0 Å². The van der Waals surface area contributed by atoms with E-state index < -0.39 is 26.4 Å². The minimum atomic E-state index is -4.39. The third-order valence-corrected chi connectivity index (χ3v) is 1.97. The second kappa shape index (κ2) is 9.55. The summed E-state index contributed by atoms with van der Waals surface area (Å²) in [5.74, 6) is -1.99. The Morgan fingerprint density at radius 2 is 1.89 bits per heavy atom. The Morgan fingerprint density at radius 1 is 1.44 bits per heavy atom. The Kier molecular flexibility index (Phi) is 10.0. The number of carboxylic acid groups (broad SMARTS) is 1. The van der Waals surface area contributed by atoms with Gasteiger partial charge < -0.3 is 14.7 Å². The van der Waals surface area contributed by atoms with E-state index in [4.69, 9.17) is 15.1 Å². The number of carboxylic acids is 1. The van der Waals surface area contributed by atoms with Crippen LogP contribution in [0, 0.1) is 0 Å². The molecule has 0 spiro atoms. The fourth-order valence-corrected chi connectivity index (χ4v) is 1.10. The van der Waals surface area contributed by atoms with Crippen LogP contribution in [-0.4, -0.2) is 40.3 Å². The van der Waals surface area contributed by atoms with Gasteiger partial charge in [-0.1, -0.05) is 13.2 Å². The Hall–Kier alpha value is -1.47. The molecule has 0 aliphatic carbocycles. The molecule has 0 aromatic heterocycles. The molecule has 104 valence electrons. The van der Waals surface area contributed by atoms with E-state index in [0.717, 1.165) is 6.08 Å². The lowest BCUT2D eigenvalue weighted by Gasteiger charge is -2.10. The highest BCUT2D eigenvalue weighted by Crippen LogP contribution is 2.43. The van der Waals surface area contributed by atoms with Crippen molar-refractivity contribution >= 4 is 19.8 Å². The number of rotatable bonds is 6. The van der Waals surface area contributed by atoms with Gasteiger partial charge in [0.1, 0.15) is 0 Å². The lowest BCUT2D eigenvalue weighted by Crippen LogP contribution is -2.06. The molecule has 0 aromatic rings. The number of carbonyl (C=O) groups is 2. The van der Waals surface area contributed by atoms with E-state index >= 15 is 0 Å². The molecule has 0 radical (unpaired) electrons. The summed E-state index contributed by atoms with van der Waals surface area (Å²) in [5, 5.41) is 15.9. The second-order valence-corrected chi connectivity index (χ2v) is 4.10. The van der Waals surface area contributed by atoms with Crippen LogP contribution >= 0.6 is 7.82 Å². The van der Waals surface area contributed by atoms with Gasteiger partial charge in [0.15, 0.2) is 0 Å². The van der Waals surface area contributed by atoms with Crippen molar-refractivity contribution in [2.75, 3.05) is 13.2 Å². The summed E-state index contributed by atoms with van der Waals surface area (Å²) >= 11 is 0. The van der Waals surface area contributed by atoms with Crippen LogP contribution < -0.4 is 0 Å². The van der Waals surface area contributed by atoms with Crippen LogP contribution in [0.4, 0.5) is 0 Å². The van der Waals surface area contributed by atoms with Crippen LogP contribution in [-0.2, 0) is 23.2 Å². The number of carbonyl (C=O) groups excluding carboxylic acids is 1. The maximum absolute atomic E-state index is 10.8. The zero-order valence-electron chi connectivity index (χ0n) is 9.74. The van der Waals surface area contributed by atoms with Crippen molar-refractivity contribution in [1.29, 1.82) is 0 Å². The molecule has 3 N–H and O–H groups in total. The maximum Gasteiger partial charge on any atom is 0.529 e. The molecule has 0 bridgehead atoms. The Morgan fingerprint density at radius 3 is 2.17 bits per heavy atom. The molecule has 0 saturated carbocycles. The molecular weight excluding hydrogens is 267 g/mol. The largest absolute Gasteiger partial charge is 0.529 e. The van der Waals surface area contributed by atoms with Crippen LogP contribution in [0.1, 0.15) is 6.92 Å². The molecule has 1 unspecified atom stereocenters. The highest BCUT2D eigenvalue weighted by Gasteiger charge is 2.25. The molecule has 1 atom stereocenters. The summed E-state index contributed by atoms with van der Waals surface area (Å²) in [5.41, 5.74) is -0.0122. The van der Waals surface area contributed by atoms with Gasteiger partial charge in [-0.2, -0.15) is 0 Å². The lowest BCUT2D eigenvalue weighted by atomic mass is 10.4. The fourth-order valence-electron chi connectivity index (χ4n) is 0.365. The molecule has 9 heteroatoms. The Bertz CT molecular complexity index is 362. The van der Waals surface area contributed by atoms with Crippen LogP contribution in [0.5, 0.6) is 0 Å². The van der Waals surface area contributed by atoms with Crippen LogP contribution in [0.15, 0.2) is 24.8 Å². The second-order valence-electron chi connectivity index (χ2n) is 2.73. The van der Waals surface area contributed by atoms with E-state index in [0.29, 0.717) is 0 Å². The first-order valence-electron chi connectivity index (χ1n) is 4.49.